The maximum atomic E-state index is 12.8. The van der Waals surface area contributed by atoms with Crippen LogP contribution in [0.5, 0.6) is 17.2 Å². The van der Waals surface area contributed by atoms with Crippen molar-refractivity contribution in [2.45, 2.75) is 19.4 Å². The summed E-state index contributed by atoms with van der Waals surface area (Å²) in [5, 5.41) is 10.0. The summed E-state index contributed by atoms with van der Waals surface area (Å²) in [6.45, 7) is 5.03. The Labute approximate surface area is 200 Å². The predicted octanol–water partition coefficient (Wildman–Crippen LogP) is 6.13. The lowest BCUT2D eigenvalue weighted by Crippen LogP contribution is -2.26. The molecular formula is C29H30FNO3. The molecule has 5 heteroatoms. The van der Waals surface area contributed by atoms with E-state index in [0.29, 0.717) is 6.61 Å². The highest BCUT2D eigenvalue weighted by molar-refractivity contribution is 5.95. The second-order valence-corrected chi connectivity index (χ2v) is 9.11. The zero-order valence-electron chi connectivity index (χ0n) is 19.4. The maximum absolute atomic E-state index is 12.8. The molecule has 2 heterocycles. The van der Waals surface area contributed by atoms with Crippen molar-refractivity contribution in [3.63, 3.8) is 0 Å². The average molecular weight is 460 g/mol. The Hall–Kier alpha value is -3.31. The van der Waals surface area contributed by atoms with Gasteiger partial charge in [0.25, 0.3) is 0 Å². The standard InChI is InChI=1S/C29H30FNO3/c1-20-26-17-24(32)9-12-27(26)34-29(28(20)22-5-3-2-4-6-22)23-7-10-25(11-8-23)33-16-15-31-14-13-21(18-30)19-31/h2-12,17,21,29,32H,13-16,18-19H2,1H3/t21-,29-/m0/s1. The molecule has 1 saturated heterocycles. The van der Waals surface area contributed by atoms with E-state index >= 15 is 0 Å². The molecule has 0 aliphatic carbocycles. The van der Waals surface area contributed by atoms with Crippen molar-refractivity contribution in [1.82, 2.24) is 4.90 Å². The van der Waals surface area contributed by atoms with Crippen molar-refractivity contribution >= 4 is 11.1 Å². The number of allylic oxidation sites excluding steroid dienone is 1. The number of phenolic OH excluding ortho intramolecular Hbond substituents is 1. The van der Waals surface area contributed by atoms with Crippen LogP contribution in [0.25, 0.3) is 11.1 Å². The van der Waals surface area contributed by atoms with Crippen LogP contribution in [0.3, 0.4) is 0 Å². The van der Waals surface area contributed by atoms with Gasteiger partial charge in [-0.2, -0.15) is 0 Å². The minimum Gasteiger partial charge on any atom is -0.508 e. The lowest BCUT2D eigenvalue weighted by atomic mass is 9.86. The third kappa shape index (κ3) is 4.66. The largest absolute Gasteiger partial charge is 0.508 e. The summed E-state index contributed by atoms with van der Waals surface area (Å²) in [6, 6.07) is 23.5. The monoisotopic (exact) mass is 459 g/mol. The molecule has 4 nitrogen and oxygen atoms in total. The summed E-state index contributed by atoms with van der Waals surface area (Å²) in [5.41, 5.74) is 5.22. The molecule has 0 unspecified atom stereocenters. The fraction of sp³-hybridized carbons (Fsp3) is 0.310. The van der Waals surface area contributed by atoms with Gasteiger partial charge in [0.2, 0.25) is 0 Å². The first-order valence-corrected chi connectivity index (χ1v) is 11.9. The first-order valence-electron chi connectivity index (χ1n) is 11.9. The van der Waals surface area contributed by atoms with Crippen LogP contribution in [0.4, 0.5) is 4.39 Å². The van der Waals surface area contributed by atoms with Crippen molar-refractivity contribution in [3.05, 3.63) is 89.5 Å². The van der Waals surface area contributed by atoms with Crippen LogP contribution < -0.4 is 9.47 Å². The zero-order valence-corrected chi connectivity index (χ0v) is 19.4. The maximum Gasteiger partial charge on any atom is 0.150 e. The molecule has 5 rings (SSSR count). The Morgan fingerprint density at radius 1 is 1.06 bits per heavy atom. The van der Waals surface area contributed by atoms with Crippen LogP contribution in [-0.4, -0.2) is 42.9 Å². The van der Waals surface area contributed by atoms with Crippen LogP contribution in [0.1, 0.15) is 36.1 Å². The molecule has 34 heavy (non-hydrogen) atoms. The third-order valence-corrected chi connectivity index (χ3v) is 6.81. The Morgan fingerprint density at radius 3 is 2.59 bits per heavy atom. The van der Waals surface area contributed by atoms with Gasteiger partial charge >= 0.3 is 0 Å². The molecule has 1 fully saturated rings. The fourth-order valence-corrected chi connectivity index (χ4v) is 4.94. The summed E-state index contributed by atoms with van der Waals surface area (Å²) in [7, 11) is 0. The number of phenols is 1. The minimum atomic E-state index is -0.268. The lowest BCUT2D eigenvalue weighted by Gasteiger charge is -2.31. The molecule has 176 valence electrons. The highest BCUT2D eigenvalue weighted by Crippen LogP contribution is 2.47. The lowest BCUT2D eigenvalue weighted by molar-refractivity contribution is 0.228. The van der Waals surface area contributed by atoms with Crippen molar-refractivity contribution in [1.29, 1.82) is 0 Å². The van der Waals surface area contributed by atoms with Crippen LogP contribution >= 0.6 is 0 Å². The second-order valence-electron chi connectivity index (χ2n) is 9.11. The predicted molar refractivity (Wildman–Crippen MR) is 133 cm³/mol. The number of rotatable bonds is 7. The van der Waals surface area contributed by atoms with Gasteiger partial charge in [0.1, 0.15) is 30.0 Å². The number of fused-ring (bicyclic) bond motifs is 1. The summed E-state index contributed by atoms with van der Waals surface area (Å²) in [5.74, 6) is 1.98. The van der Waals surface area contributed by atoms with Gasteiger partial charge < -0.3 is 14.6 Å². The van der Waals surface area contributed by atoms with Gasteiger partial charge in [-0.25, -0.2) is 0 Å². The normalized spacial score (nSPS) is 20.2. The third-order valence-electron chi connectivity index (χ3n) is 6.81. The van der Waals surface area contributed by atoms with E-state index in [2.05, 4.69) is 36.1 Å². The van der Waals surface area contributed by atoms with Crippen molar-refractivity contribution in [3.8, 4) is 17.2 Å². The quantitative estimate of drug-likeness (QED) is 0.462. The Kier molecular flexibility index (Phi) is 6.54. The molecule has 0 saturated carbocycles. The molecule has 0 radical (unpaired) electrons. The number of aromatic hydroxyl groups is 1. The van der Waals surface area contributed by atoms with Crippen LogP contribution in [0.2, 0.25) is 0 Å². The molecule has 0 spiro atoms. The number of hydrogen-bond donors (Lipinski definition) is 1. The van der Waals surface area contributed by atoms with Crippen LogP contribution in [0.15, 0.2) is 72.8 Å². The molecule has 0 aromatic heterocycles. The van der Waals surface area contributed by atoms with Crippen molar-refractivity contribution in [2.75, 3.05) is 32.9 Å². The number of halogens is 1. The second kappa shape index (κ2) is 9.90. The summed E-state index contributed by atoms with van der Waals surface area (Å²) < 4.78 is 25.3. The van der Waals surface area contributed by atoms with Gasteiger partial charge in [-0.1, -0.05) is 42.5 Å². The average Bonchev–Trinajstić information content (AvgIpc) is 3.33. The fourth-order valence-electron chi connectivity index (χ4n) is 4.94. The Morgan fingerprint density at radius 2 is 1.85 bits per heavy atom. The molecule has 0 amide bonds. The number of alkyl halides is 1. The molecule has 2 aliphatic heterocycles. The van der Waals surface area contributed by atoms with Gasteiger partial charge in [0.05, 0.1) is 6.67 Å². The van der Waals surface area contributed by atoms with E-state index < -0.39 is 0 Å². The smallest absolute Gasteiger partial charge is 0.150 e. The first-order chi connectivity index (χ1) is 16.6. The molecule has 1 N–H and O–H groups in total. The summed E-state index contributed by atoms with van der Waals surface area (Å²) in [6.07, 6.45) is 0.669. The minimum absolute atomic E-state index is 0.180. The number of hydrogen-bond acceptors (Lipinski definition) is 4. The van der Waals surface area contributed by atoms with Crippen LogP contribution in [-0.2, 0) is 0 Å². The van der Waals surface area contributed by atoms with Crippen LogP contribution in [0, 0.1) is 5.92 Å². The van der Waals surface area contributed by atoms with E-state index in [0.717, 1.165) is 65.4 Å². The molecule has 3 aromatic carbocycles. The van der Waals surface area contributed by atoms with Gasteiger partial charge in [-0.05, 0) is 66.9 Å². The highest BCUT2D eigenvalue weighted by Gasteiger charge is 2.29. The number of nitrogens with zero attached hydrogens (tertiary/aromatic N) is 1. The van der Waals surface area contributed by atoms with E-state index in [1.54, 1.807) is 12.1 Å². The SMILES string of the molecule is CC1=C(c2ccccc2)[C@H](c2ccc(OCCN3CC[C@@H](CF)C3)cc2)Oc2ccc(O)cc21. The topological polar surface area (TPSA) is 41.9 Å². The van der Waals surface area contributed by atoms with Gasteiger partial charge in [-0.3, -0.25) is 9.29 Å². The number of benzene rings is 3. The zero-order chi connectivity index (χ0) is 23.5. The highest BCUT2D eigenvalue weighted by atomic mass is 19.1. The Bertz CT molecular complexity index is 1160. The van der Waals surface area contributed by atoms with Crippen molar-refractivity contribution in [2.24, 2.45) is 5.92 Å². The van der Waals surface area contributed by atoms with E-state index in [4.69, 9.17) is 9.47 Å². The molecule has 0 bridgehead atoms. The first kappa shape index (κ1) is 22.5. The van der Waals surface area contributed by atoms with Gasteiger partial charge in [0, 0.05) is 30.1 Å². The van der Waals surface area contributed by atoms with E-state index in [1.807, 2.05) is 36.4 Å². The van der Waals surface area contributed by atoms with E-state index in [1.165, 1.54) is 0 Å². The van der Waals surface area contributed by atoms with E-state index in [9.17, 15) is 9.50 Å². The van der Waals surface area contributed by atoms with Gasteiger partial charge in [-0.15, -0.1) is 0 Å². The van der Waals surface area contributed by atoms with E-state index in [-0.39, 0.29) is 24.4 Å². The van der Waals surface area contributed by atoms with Crippen molar-refractivity contribution < 1.29 is 19.0 Å². The summed E-state index contributed by atoms with van der Waals surface area (Å²) >= 11 is 0. The Balaban J connectivity index is 1.35. The number of ether oxygens (including phenoxy) is 2. The summed E-state index contributed by atoms with van der Waals surface area (Å²) in [4.78, 5) is 2.27. The molecule has 2 aliphatic rings. The molecule has 3 aromatic rings. The molecule has 2 atom stereocenters. The van der Waals surface area contributed by atoms with Gasteiger partial charge in [0.15, 0.2) is 0 Å². The number of likely N-dealkylation sites (tertiary alicyclic amines) is 1. The molecular weight excluding hydrogens is 429 g/mol.